The molecule has 1 heterocycles. The van der Waals surface area contributed by atoms with E-state index in [1.54, 1.807) is 18.2 Å². The van der Waals surface area contributed by atoms with Gasteiger partial charge in [0.05, 0.1) is 19.3 Å². The molecule has 0 bridgehead atoms. The molecule has 0 atom stereocenters. The standard InChI is InChI=1S/C23H26BrF3N2O4/c1-32-14-18(22(30)31)17-11-7-6-10-16(17)13-33-21-19(23(25,26)27)20(24)29(28-21)12-15-8-4-2-3-5-9-15/h6-7,10-11,14-15H,2-5,8-9,12-13H2,1H3,(H,30,31)/p-1/b18-14+. The molecule has 0 radical (unpaired) electrons. The first-order chi connectivity index (χ1) is 15.7. The van der Waals surface area contributed by atoms with Crippen molar-refractivity contribution in [3.8, 4) is 5.88 Å². The van der Waals surface area contributed by atoms with Gasteiger partial charge in [0.25, 0.3) is 0 Å². The van der Waals surface area contributed by atoms with Crippen molar-refractivity contribution >= 4 is 27.5 Å². The third-order valence-corrected chi connectivity index (χ3v) is 6.48. The van der Waals surface area contributed by atoms with Gasteiger partial charge in [0.2, 0.25) is 5.88 Å². The largest absolute Gasteiger partial charge is 0.545 e. The summed E-state index contributed by atoms with van der Waals surface area (Å²) < 4.78 is 53.0. The van der Waals surface area contributed by atoms with Crippen LogP contribution in [0.5, 0.6) is 5.88 Å². The summed E-state index contributed by atoms with van der Waals surface area (Å²) in [5.74, 6) is -1.78. The van der Waals surface area contributed by atoms with Crippen LogP contribution in [0.25, 0.3) is 5.57 Å². The van der Waals surface area contributed by atoms with E-state index in [4.69, 9.17) is 9.47 Å². The monoisotopic (exact) mass is 529 g/mol. The van der Waals surface area contributed by atoms with E-state index < -0.39 is 23.6 Å². The predicted molar refractivity (Wildman–Crippen MR) is 117 cm³/mol. The first-order valence-corrected chi connectivity index (χ1v) is 11.5. The number of carboxylic acid groups (broad SMARTS) is 1. The Morgan fingerprint density at radius 3 is 2.52 bits per heavy atom. The minimum atomic E-state index is -4.68. The van der Waals surface area contributed by atoms with Gasteiger partial charge in [-0.25, -0.2) is 0 Å². The highest BCUT2D eigenvalue weighted by atomic mass is 79.9. The minimum absolute atomic E-state index is 0.169. The molecule has 0 N–H and O–H groups in total. The van der Waals surface area contributed by atoms with Crippen LogP contribution < -0.4 is 9.84 Å². The first kappa shape index (κ1) is 25.1. The number of hydrogen-bond acceptors (Lipinski definition) is 5. The number of benzene rings is 1. The number of alkyl halides is 3. The second-order valence-electron chi connectivity index (χ2n) is 8.01. The van der Waals surface area contributed by atoms with Crippen molar-refractivity contribution in [3.63, 3.8) is 0 Å². The molecule has 1 fully saturated rings. The lowest BCUT2D eigenvalue weighted by Crippen LogP contribution is -2.24. The molecule has 1 aromatic carbocycles. The molecule has 0 spiro atoms. The normalized spacial score (nSPS) is 15.8. The zero-order valence-electron chi connectivity index (χ0n) is 18.2. The number of carboxylic acids is 1. The number of rotatable bonds is 8. The van der Waals surface area contributed by atoms with Gasteiger partial charge in [-0.1, -0.05) is 49.9 Å². The zero-order chi connectivity index (χ0) is 24.0. The summed E-state index contributed by atoms with van der Waals surface area (Å²) in [6, 6.07) is 6.30. The van der Waals surface area contributed by atoms with Gasteiger partial charge in [-0.05, 0) is 45.8 Å². The molecule has 6 nitrogen and oxygen atoms in total. The maximum Gasteiger partial charge on any atom is 0.424 e. The van der Waals surface area contributed by atoms with Crippen LogP contribution in [-0.2, 0) is 28.9 Å². The quantitative estimate of drug-likeness (QED) is 0.274. The second kappa shape index (κ2) is 11.1. The summed E-state index contributed by atoms with van der Waals surface area (Å²) in [4.78, 5) is 11.5. The van der Waals surface area contributed by atoms with Crippen LogP contribution in [-0.4, -0.2) is 22.9 Å². The van der Waals surface area contributed by atoms with E-state index in [0.717, 1.165) is 44.8 Å². The van der Waals surface area contributed by atoms with E-state index in [-0.39, 0.29) is 28.3 Å². The highest BCUT2D eigenvalue weighted by molar-refractivity contribution is 9.10. The van der Waals surface area contributed by atoms with Crippen LogP contribution >= 0.6 is 15.9 Å². The fraction of sp³-hybridized carbons (Fsp3) is 0.478. The van der Waals surface area contributed by atoms with Gasteiger partial charge < -0.3 is 19.4 Å². The van der Waals surface area contributed by atoms with Crippen molar-refractivity contribution in [2.45, 2.75) is 57.9 Å². The molecule has 0 amide bonds. The minimum Gasteiger partial charge on any atom is -0.545 e. The van der Waals surface area contributed by atoms with E-state index >= 15 is 0 Å². The molecule has 10 heteroatoms. The highest BCUT2D eigenvalue weighted by Crippen LogP contribution is 2.42. The SMILES string of the molecule is CO/C=C(/C(=O)[O-])c1ccccc1COc1nn(CC2CCCCCC2)c(Br)c1C(F)(F)F. The molecule has 3 rings (SSSR count). The number of nitrogens with zero attached hydrogens (tertiary/aromatic N) is 2. The van der Waals surface area contributed by atoms with Crippen LogP contribution in [0.15, 0.2) is 35.1 Å². The molecule has 180 valence electrons. The van der Waals surface area contributed by atoms with Crippen LogP contribution in [0.4, 0.5) is 13.2 Å². The zero-order valence-corrected chi connectivity index (χ0v) is 19.7. The van der Waals surface area contributed by atoms with Gasteiger partial charge in [0.1, 0.15) is 11.2 Å². The van der Waals surface area contributed by atoms with E-state index in [2.05, 4.69) is 21.0 Å². The summed E-state index contributed by atoms with van der Waals surface area (Å²) in [7, 11) is 1.29. The highest BCUT2D eigenvalue weighted by Gasteiger charge is 2.41. The maximum absolute atomic E-state index is 13.8. The number of carbonyl (C=O) groups excluding carboxylic acids is 1. The average molecular weight is 530 g/mol. The second-order valence-corrected chi connectivity index (χ2v) is 8.76. The van der Waals surface area contributed by atoms with Gasteiger partial charge in [-0.3, -0.25) is 4.68 Å². The molecular formula is C23H25BrF3N2O4-. The van der Waals surface area contributed by atoms with E-state index in [1.165, 1.54) is 17.9 Å². The van der Waals surface area contributed by atoms with E-state index in [9.17, 15) is 23.1 Å². The van der Waals surface area contributed by atoms with Gasteiger partial charge in [-0.2, -0.15) is 13.2 Å². The fourth-order valence-electron chi connectivity index (χ4n) is 4.07. The third kappa shape index (κ3) is 6.31. The van der Waals surface area contributed by atoms with E-state index in [1.807, 2.05) is 0 Å². The molecule has 33 heavy (non-hydrogen) atoms. The number of aliphatic carboxylic acids is 1. The Balaban J connectivity index is 1.88. The molecule has 1 saturated carbocycles. The number of hydrogen-bond donors (Lipinski definition) is 0. The van der Waals surface area contributed by atoms with Gasteiger partial charge in [0.15, 0.2) is 5.56 Å². The Hall–Kier alpha value is -2.49. The van der Waals surface area contributed by atoms with Crippen LogP contribution in [0.3, 0.4) is 0 Å². The molecular weight excluding hydrogens is 505 g/mol. The lowest BCUT2D eigenvalue weighted by Gasteiger charge is -2.14. The number of halogens is 4. The molecule has 2 aromatic rings. The molecule has 1 aliphatic carbocycles. The van der Waals surface area contributed by atoms with Gasteiger partial charge in [-0.15, -0.1) is 5.10 Å². The Morgan fingerprint density at radius 2 is 1.91 bits per heavy atom. The molecule has 0 saturated heterocycles. The molecule has 1 aliphatic rings. The number of methoxy groups -OCH3 is 1. The summed E-state index contributed by atoms with van der Waals surface area (Å²) >= 11 is 3.08. The molecule has 1 aromatic heterocycles. The number of ether oxygens (including phenoxy) is 2. The van der Waals surface area contributed by atoms with Crippen molar-refractivity contribution in [1.29, 1.82) is 0 Å². The summed E-state index contributed by atoms with van der Waals surface area (Å²) in [6.45, 7) is 0.0511. The first-order valence-electron chi connectivity index (χ1n) is 10.7. The number of carbonyl (C=O) groups is 1. The summed E-state index contributed by atoms with van der Waals surface area (Å²) in [5, 5.41) is 15.6. The predicted octanol–water partition coefficient (Wildman–Crippen LogP) is 4.95. The van der Waals surface area contributed by atoms with Gasteiger partial charge in [0, 0.05) is 12.1 Å². The van der Waals surface area contributed by atoms with Crippen molar-refractivity contribution in [3.05, 3.63) is 51.8 Å². The van der Waals surface area contributed by atoms with Crippen LogP contribution in [0.1, 0.15) is 55.2 Å². The van der Waals surface area contributed by atoms with Crippen molar-refractivity contribution in [1.82, 2.24) is 9.78 Å². The Morgan fingerprint density at radius 1 is 1.24 bits per heavy atom. The van der Waals surface area contributed by atoms with E-state index in [0.29, 0.717) is 12.1 Å². The average Bonchev–Trinajstić information content (AvgIpc) is 2.91. The molecule has 0 aliphatic heterocycles. The third-order valence-electron chi connectivity index (χ3n) is 5.68. The molecule has 0 unspecified atom stereocenters. The smallest absolute Gasteiger partial charge is 0.424 e. The maximum atomic E-state index is 13.8. The van der Waals surface area contributed by atoms with Crippen LogP contribution in [0.2, 0.25) is 0 Å². The Labute approximate surface area is 198 Å². The lowest BCUT2D eigenvalue weighted by atomic mass is 10.0. The summed E-state index contributed by atoms with van der Waals surface area (Å²) in [5.41, 5.74) is -0.647. The lowest BCUT2D eigenvalue weighted by molar-refractivity contribution is -0.295. The topological polar surface area (TPSA) is 76.4 Å². The van der Waals surface area contributed by atoms with Crippen LogP contribution in [0, 0.1) is 5.92 Å². The van der Waals surface area contributed by atoms with Gasteiger partial charge >= 0.3 is 6.18 Å². The van der Waals surface area contributed by atoms with Crippen molar-refractivity contribution in [2.24, 2.45) is 5.92 Å². The van der Waals surface area contributed by atoms with Crippen molar-refractivity contribution in [2.75, 3.05) is 7.11 Å². The Kier molecular flexibility index (Phi) is 8.45. The van der Waals surface area contributed by atoms with Crippen molar-refractivity contribution < 1.29 is 32.5 Å². The summed E-state index contributed by atoms with van der Waals surface area (Å²) in [6.07, 6.45) is 2.64. The Bertz CT molecular complexity index is 996. The number of aromatic nitrogens is 2. The fourth-order valence-corrected chi connectivity index (χ4v) is 4.69.